The predicted molar refractivity (Wildman–Crippen MR) is 233 cm³/mol. The molecule has 0 aromatic heterocycles. The van der Waals surface area contributed by atoms with Crippen LogP contribution in [-0.2, 0) is 0 Å². The molecule has 15 heteroatoms. The Kier molecular flexibility index (Phi) is 14.9. The number of hydrogen-bond donors (Lipinski definition) is 0. The van der Waals surface area contributed by atoms with E-state index < -0.39 is 0 Å². The predicted octanol–water partition coefficient (Wildman–Crippen LogP) is 11.9. The van der Waals surface area contributed by atoms with Crippen LogP contribution in [0.2, 0.25) is 0 Å². The highest BCUT2D eigenvalue weighted by molar-refractivity contribution is 14.2. The summed E-state index contributed by atoms with van der Waals surface area (Å²) in [5.74, 6) is 0. The minimum atomic E-state index is 0.0158. The second-order valence-corrected chi connectivity index (χ2v) is 42.5. The van der Waals surface area contributed by atoms with Crippen LogP contribution >= 0.6 is 339 Å². The highest BCUT2D eigenvalue weighted by Gasteiger charge is 2.80. The summed E-state index contributed by atoms with van der Waals surface area (Å²) in [5.41, 5.74) is 0. The summed E-state index contributed by atoms with van der Waals surface area (Å²) in [6.07, 6.45) is 0. The molecule has 1 aliphatic carbocycles. The molecule has 0 bridgehead atoms. The van der Waals surface area contributed by atoms with E-state index in [2.05, 4.69) is 339 Å². The molecule has 0 aliphatic heterocycles. The van der Waals surface area contributed by atoms with E-state index in [-0.39, 0.29) is 10.00 Å². The van der Waals surface area contributed by atoms with Crippen LogP contribution in [0.1, 0.15) is 0 Å². The molecule has 1 fully saturated rings. The molecule has 1 aliphatic rings. The summed E-state index contributed by atoms with van der Waals surface area (Å²) in [5, 5.41) is 0. The van der Waals surface area contributed by atoms with Crippen molar-refractivity contribution in [2.24, 2.45) is 0 Å². The molecule has 0 spiro atoms. The first-order valence-corrected chi connectivity index (χ1v) is 21.0. The van der Waals surface area contributed by atoms with Gasteiger partial charge >= 0.3 is 0 Å². The van der Waals surface area contributed by atoms with E-state index in [1.54, 1.807) is 0 Å². The highest BCUT2D eigenvalue weighted by atomic mass is 127. The summed E-state index contributed by atoms with van der Waals surface area (Å²) in [7, 11) is 0. The summed E-state index contributed by atoms with van der Waals surface area (Å²) in [4.78, 5) is 0. The zero-order valence-electron chi connectivity index (χ0n) is 9.67. The highest BCUT2D eigenvalue weighted by Crippen LogP contribution is 2.83. The molecular formula is C8I15. The Morgan fingerprint density at radius 1 is 0.348 bits per heavy atom. The van der Waals surface area contributed by atoms with Crippen LogP contribution < -0.4 is 0 Å². The van der Waals surface area contributed by atoms with E-state index in [1.807, 2.05) is 0 Å². The van der Waals surface area contributed by atoms with Gasteiger partial charge in [-0.15, -0.1) is 0 Å². The maximum Gasteiger partial charge on any atom is 0.125 e. The van der Waals surface area contributed by atoms with Gasteiger partial charge in [-0.25, -0.2) is 0 Å². The lowest BCUT2D eigenvalue weighted by Gasteiger charge is -2.62. The molecule has 0 aromatic carbocycles. The normalized spacial score (nSPS) is 33.5. The van der Waals surface area contributed by atoms with Gasteiger partial charge in [-0.3, -0.25) is 0 Å². The molecule has 0 aromatic rings. The fraction of sp³-hybridized carbons (Fsp3) is 0.875. The van der Waals surface area contributed by atoms with Crippen molar-refractivity contribution in [3.63, 3.8) is 0 Å². The van der Waals surface area contributed by atoms with Crippen molar-refractivity contribution >= 4 is 339 Å². The molecule has 1 saturated carbocycles. The number of rotatable bonds is 0. The van der Waals surface area contributed by atoms with Gasteiger partial charge in [0.15, 0.2) is 0 Å². The van der Waals surface area contributed by atoms with Crippen LogP contribution in [0, 0.1) is 3.92 Å². The smallest absolute Gasteiger partial charge is 0.0724 e. The molecule has 137 valence electrons. The first-order valence-electron chi connectivity index (χ1n) is 4.83. The SMILES string of the molecule is I[C]1C(I)(I)C(I)(I)C(I)(I)C(I)(I)C(I)(I)C(I)(I)C1(I)I. The lowest BCUT2D eigenvalue weighted by Crippen LogP contribution is -2.71. The van der Waals surface area contributed by atoms with E-state index in [4.69, 9.17) is 0 Å². The lowest BCUT2D eigenvalue weighted by molar-refractivity contribution is 0.635. The Bertz CT molecular complexity index is 446. The van der Waals surface area contributed by atoms with Gasteiger partial charge in [0.2, 0.25) is 0 Å². The van der Waals surface area contributed by atoms with Crippen LogP contribution in [0.3, 0.4) is 0 Å². The molecular weight excluding hydrogens is 2000 g/mol. The van der Waals surface area contributed by atoms with Crippen molar-refractivity contribution in [3.05, 3.63) is 3.92 Å². The van der Waals surface area contributed by atoms with Crippen molar-refractivity contribution in [1.82, 2.24) is 0 Å². The standard InChI is InChI=1S/C8I15/c9-1-2(10,11)4(14,15)6(18,19)8(22,23)7(20,21)5(16,17)3(1,12)13. The van der Waals surface area contributed by atoms with Crippen LogP contribution in [0.25, 0.3) is 0 Å². The van der Waals surface area contributed by atoms with Gasteiger partial charge in [-0.2, -0.15) is 0 Å². The molecule has 0 nitrogen and oxygen atoms in total. The summed E-state index contributed by atoms with van der Waals surface area (Å²) in [6, 6.07) is 0. The molecule has 1 radical (unpaired) electrons. The summed E-state index contributed by atoms with van der Waals surface area (Å²) < 4.78 is 1.70. The maximum absolute atomic E-state index is 2.72. The molecule has 0 saturated heterocycles. The topological polar surface area (TPSA) is 0 Å². The van der Waals surface area contributed by atoms with E-state index in [9.17, 15) is 0 Å². The Morgan fingerprint density at radius 2 is 0.522 bits per heavy atom. The number of alkyl halides is 14. The molecule has 1 rings (SSSR count). The van der Waals surface area contributed by atoms with E-state index in [0.29, 0.717) is 0 Å². The summed E-state index contributed by atoms with van der Waals surface area (Å²) in [6.45, 7) is 0. The Labute approximate surface area is 341 Å². The molecule has 0 unspecified atom stereocenters. The van der Waals surface area contributed by atoms with Crippen LogP contribution in [0.15, 0.2) is 0 Å². The quantitative estimate of drug-likeness (QED) is 0.168. The third-order valence-corrected chi connectivity index (χ3v) is 55.0. The molecule has 0 heterocycles. The maximum atomic E-state index is 2.72. The van der Waals surface area contributed by atoms with Gasteiger partial charge in [-0.1, -0.05) is 339 Å². The van der Waals surface area contributed by atoms with Gasteiger partial charge in [0.1, 0.15) is 10.00 Å². The van der Waals surface area contributed by atoms with Crippen molar-refractivity contribution in [2.45, 2.75) is 10.00 Å². The molecule has 0 amide bonds. The van der Waals surface area contributed by atoms with Gasteiger partial charge in [-0.05, 0) is 0 Å². The Balaban J connectivity index is 3.95. The number of halogens is 15. The molecule has 0 N–H and O–H groups in total. The van der Waals surface area contributed by atoms with Crippen molar-refractivity contribution in [1.29, 1.82) is 0 Å². The third-order valence-electron chi connectivity index (χ3n) is 2.92. The van der Waals surface area contributed by atoms with Crippen molar-refractivity contribution < 1.29 is 0 Å². The fourth-order valence-corrected chi connectivity index (χ4v) is 27.5. The minimum absolute atomic E-state index is 0.0158. The van der Waals surface area contributed by atoms with E-state index in [0.717, 1.165) is 0 Å². The summed E-state index contributed by atoms with van der Waals surface area (Å²) >= 11 is 40.5. The van der Waals surface area contributed by atoms with Crippen LogP contribution in [-0.4, -0.2) is 10.00 Å². The fourth-order valence-electron chi connectivity index (χ4n) is 1.46. The van der Waals surface area contributed by atoms with E-state index >= 15 is 0 Å². The largest absolute Gasteiger partial charge is 0.125 e. The Morgan fingerprint density at radius 3 is 0.739 bits per heavy atom. The third kappa shape index (κ3) is 5.33. The molecule has 0 atom stereocenters. The van der Waals surface area contributed by atoms with Gasteiger partial charge in [0.25, 0.3) is 0 Å². The monoisotopic (exact) mass is 2000 g/mol. The zero-order valence-corrected chi connectivity index (χ0v) is 42.0. The van der Waals surface area contributed by atoms with Crippen molar-refractivity contribution in [2.75, 3.05) is 0 Å². The number of hydrogen-bond acceptors (Lipinski definition) is 0. The lowest BCUT2D eigenvalue weighted by atomic mass is 10.00. The first kappa shape index (κ1) is 32.0. The second kappa shape index (κ2) is 10.7. The van der Waals surface area contributed by atoms with Crippen LogP contribution in [0.5, 0.6) is 0 Å². The zero-order chi connectivity index (χ0) is 19.1. The molecule has 23 heavy (non-hydrogen) atoms. The minimum Gasteiger partial charge on any atom is -0.0724 e. The average Bonchev–Trinajstić information content (AvgIpc) is 2.35. The Hall–Kier alpha value is 11.0. The average molecular weight is 2000 g/mol. The van der Waals surface area contributed by atoms with Gasteiger partial charge in [0.05, 0.1) is 3.92 Å². The first-order chi connectivity index (χ1) is 9.65. The van der Waals surface area contributed by atoms with Crippen LogP contribution in [0.4, 0.5) is 0 Å². The van der Waals surface area contributed by atoms with Crippen molar-refractivity contribution in [3.8, 4) is 0 Å². The van der Waals surface area contributed by atoms with Gasteiger partial charge in [0, 0.05) is 0 Å². The second-order valence-electron chi connectivity index (χ2n) is 4.33. The van der Waals surface area contributed by atoms with Gasteiger partial charge < -0.3 is 0 Å². The van der Waals surface area contributed by atoms with E-state index in [1.165, 1.54) is 3.92 Å².